The summed E-state index contributed by atoms with van der Waals surface area (Å²) in [5.74, 6) is -1.12. The molecule has 0 saturated carbocycles. The second-order valence-electron chi connectivity index (χ2n) is 5.38. The molecule has 0 aliphatic heterocycles. The fourth-order valence-electron chi connectivity index (χ4n) is 1.94. The number of carboxylic acids is 1. The van der Waals surface area contributed by atoms with Crippen LogP contribution in [0.4, 0.5) is 0 Å². The van der Waals surface area contributed by atoms with Crippen LogP contribution >= 0.6 is 23.2 Å². The second kappa shape index (κ2) is 5.07. The van der Waals surface area contributed by atoms with E-state index in [-0.39, 0.29) is 5.69 Å². The number of rotatable bonds is 2. The van der Waals surface area contributed by atoms with Gasteiger partial charge in [-0.05, 0) is 18.2 Å². The molecule has 0 unspecified atom stereocenters. The fourth-order valence-corrected chi connectivity index (χ4v) is 2.46. The summed E-state index contributed by atoms with van der Waals surface area (Å²) in [5.41, 5.74) is 0.538. The Hall–Kier alpha value is -1.59. The predicted molar refractivity (Wildman–Crippen MR) is 77.0 cm³/mol. The number of carboxylic acid groups (broad SMARTS) is 1. The molecular formula is C13H13Cl2N3O2. The smallest absolute Gasteiger partial charge is 0.358 e. The maximum atomic E-state index is 11.3. The molecule has 1 aromatic heterocycles. The van der Waals surface area contributed by atoms with Crippen molar-refractivity contribution >= 4 is 29.2 Å². The lowest BCUT2D eigenvalue weighted by Crippen LogP contribution is -2.21. The van der Waals surface area contributed by atoms with Gasteiger partial charge < -0.3 is 5.11 Å². The summed E-state index contributed by atoms with van der Waals surface area (Å²) in [4.78, 5) is 11.3. The highest BCUT2D eigenvalue weighted by molar-refractivity contribution is 6.34. The van der Waals surface area contributed by atoms with E-state index in [2.05, 4.69) is 10.3 Å². The first kappa shape index (κ1) is 14.8. The molecule has 5 nitrogen and oxygen atoms in total. The van der Waals surface area contributed by atoms with E-state index < -0.39 is 11.4 Å². The van der Waals surface area contributed by atoms with Gasteiger partial charge in [0.15, 0.2) is 5.69 Å². The van der Waals surface area contributed by atoms with Crippen LogP contribution < -0.4 is 0 Å². The Morgan fingerprint density at radius 1 is 1.20 bits per heavy atom. The van der Waals surface area contributed by atoms with Crippen LogP contribution in [-0.2, 0) is 5.41 Å². The summed E-state index contributed by atoms with van der Waals surface area (Å²) in [5, 5.41) is 17.8. The number of benzene rings is 1. The monoisotopic (exact) mass is 313 g/mol. The van der Waals surface area contributed by atoms with Crippen molar-refractivity contribution in [3.05, 3.63) is 39.6 Å². The average Bonchev–Trinajstić information content (AvgIpc) is 2.71. The molecule has 7 heteroatoms. The summed E-state index contributed by atoms with van der Waals surface area (Å²) >= 11 is 11.9. The van der Waals surface area contributed by atoms with E-state index in [1.54, 1.807) is 18.2 Å². The van der Waals surface area contributed by atoms with Gasteiger partial charge in [0.05, 0.1) is 11.4 Å². The van der Waals surface area contributed by atoms with E-state index in [9.17, 15) is 9.90 Å². The molecule has 0 saturated heterocycles. The van der Waals surface area contributed by atoms with Gasteiger partial charge in [-0.2, -0.15) is 0 Å². The van der Waals surface area contributed by atoms with Gasteiger partial charge in [-0.1, -0.05) is 49.2 Å². The normalized spacial score (nSPS) is 11.7. The molecule has 2 rings (SSSR count). The molecule has 0 radical (unpaired) electrons. The zero-order chi connectivity index (χ0) is 15.1. The second-order valence-corrected chi connectivity index (χ2v) is 6.25. The summed E-state index contributed by atoms with van der Waals surface area (Å²) in [6.45, 7) is 5.67. The van der Waals surface area contributed by atoms with Crippen LogP contribution in [-0.4, -0.2) is 26.1 Å². The molecular weight excluding hydrogens is 301 g/mol. The van der Waals surface area contributed by atoms with Crippen molar-refractivity contribution in [1.29, 1.82) is 0 Å². The van der Waals surface area contributed by atoms with E-state index in [4.69, 9.17) is 23.2 Å². The number of aromatic carboxylic acids is 1. The highest BCUT2D eigenvalue weighted by Gasteiger charge is 2.29. The van der Waals surface area contributed by atoms with Crippen molar-refractivity contribution in [3.63, 3.8) is 0 Å². The van der Waals surface area contributed by atoms with E-state index in [1.165, 1.54) is 4.68 Å². The topological polar surface area (TPSA) is 68.0 Å². The van der Waals surface area contributed by atoms with Gasteiger partial charge >= 0.3 is 5.97 Å². The highest BCUT2D eigenvalue weighted by atomic mass is 35.5. The Labute approximate surface area is 126 Å². The zero-order valence-electron chi connectivity index (χ0n) is 11.2. The number of carbonyl (C=O) groups is 1. The quantitative estimate of drug-likeness (QED) is 0.920. The van der Waals surface area contributed by atoms with Gasteiger partial charge in [0.2, 0.25) is 0 Å². The summed E-state index contributed by atoms with van der Waals surface area (Å²) in [6.07, 6.45) is 0. The van der Waals surface area contributed by atoms with Crippen molar-refractivity contribution in [3.8, 4) is 5.69 Å². The van der Waals surface area contributed by atoms with Gasteiger partial charge in [0, 0.05) is 15.5 Å². The highest BCUT2D eigenvalue weighted by Crippen LogP contribution is 2.29. The van der Waals surface area contributed by atoms with Crippen molar-refractivity contribution in [2.75, 3.05) is 0 Å². The maximum Gasteiger partial charge on any atom is 0.358 e. The fraction of sp³-hybridized carbons (Fsp3) is 0.308. The Balaban J connectivity index is 2.72. The van der Waals surface area contributed by atoms with Gasteiger partial charge in [0.1, 0.15) is 0 Å². The molecule has 20 heavy (non-hydrogen) atoms. The predicted octanol–water partition coefficient (Wildman–Crippen LogP) is 3.57. The molecule has 0 amide bonds. The van der Waals surface area contributed by atoms with Crippen LogP contribution in [0.25, 0.3) is 5.69 Å². The van der Waals surface area contributed by atoms with Gasteiger partial charge in [-0.25, -0.2) is 9.48 Å². The summed E-state index contributed by atoms with van der Waals surface area (Å²) in [7, 11) is 0. The maximum absolute atomic E-state index is 11.3. The average molecular weight is 314 g/mol. The lowest BCUT2D eigenvalue weighted by Gasteiger charge is -2.20. The van der Waals surface area contributed by atoms with Crippen LogP contribution in [0, 0.1) is 0 Å². The summed E-state index contributed by atoms with van der Waals surface area (Å²) < 4.78 is 1.46. The van der Waals surface area contributed by atoms with Gasteiger partial charge in [-0.15, -0.1) is 5.10 Å². The Morgan fingerprint density at radius 2 is 1.75 bits per heavy atom. The van der Waals surface area contributed by atoms with Crippen molar-refractivity contribution in [2.24, 2.45) is 0 Å². The molecule has 1 N–H and O–H groups in total. The minimum atomic E-state index is -1.12. The standard InChI is InChI=1S/C13H13Cl2N3O2/c1-13(2,3)11-10(12(19)20)16-17-18(11)9-5-7(14)4-8(15)6-9/h4-6H,1-3H3,(H,19,20). The van der Waals surface area contributed by atoms with Crippen molar-refractivity contribution in [2.45, 2.75) is 26.2 Å². The SMILES string of the molecule is CC(C)(C)c1c(C(=O)O)nnn1-c1cc(Cl)cc(Cl)c1. The first-order chi connectivity index (χ1) is 9.20. The van der Waals surface area contributed by atoms with Crippen LogP contribution in [0.3, 0.4) is 0 Å². The molecule has 0 atom stereocenters. The summed E-state index contributed by atoms with van der Waals surface area (Å²) in [6, 6.07) is 4.91. The third-order valence-electron chi connectivity index (χ3n) is 2.68. The van der Waals surface area contributed by atoms with Crippen molar-refractivity contribution < 1.29 is 9.90 Å². The first-order valence-electron chi connectivity index (χ1n) is 5.86. The van der Waals surface area contributed by atoms with Crippen LogP contribution in [0.1, 0.15) is 37.0 Å². The minimum Gasteiger partial charge on any atom is -0.476 e. The Kier molecular flexibility index (Phi) is 3.75. The van der Waals surface area contributed by atoms with Crippen LogP contribution in [0.15, 0.2) is 18.2 Å². The first-order valence-corrected chi connectivity index (χ1v) is 6.61. The molecule has 0 fully saturated rings. The molecule has 0 spiro atoms. The number of nitrogens with zero attached hydrogens (tertiary/aromatic N) is 3. The van der Waals surface area contributed by atoms with Crippen molar-refractivity contribution in [1.82, 2.24) is 15.0 Å². The molecule has 2 aromatic rings. The molecule has 1 aromatic carbocycles. The molecule has 0 aliphatic carbocycles. The zero-order valence-corrected chi connectivity index (χ0v) is 12.7. The number of hydrogen-bond donors (Lipinski definition) is 1. The number of halogens is 2. The molecule has 1 heterocycles. The molecule has 0 bridgehead atoms. The minimum absolute atomic E-state index is 0.0754. The Morgan fingerprint density at radius 3 is 2.20 bits per heavy atom. The largest absolute Gasteiger partial charge is 0.476 e. The number of aromatic nitrogens is 3. The van der Waals surface area contributed by atoms with E-state index in [1.807, 2.05) is 20.8 Å². The lowest BCUT2D eigenvalue weighted by molar-refractivity contribution is 0.0687. The van der Waals surface area contributed by atoms with E-state index in [0.29, 0.717) is 21.4 Å². The van der Waals surface area contributed by atoms with Gasteiger partial charge in [0.25, 0.3) is 0 Å². The third-order valence-corrected chi connectivity index (χ3v) is 3.11. The van der Waals surface area contributed by atoms with Crippen LogP contribution in [0.5, 0.6) is 0 Å². The third kappa shape index (κ3) is 2.78. The van der Waals surface area contributed by atoms with Gasteiger partial charge in [-0.3, -0.25) is 0 Å². The van der Waals surface area contributed by atoms with E-state index >= 15 is 0 Å². The molecule has 0 aliphatic rings. The van der Waals surface area contributed by atoms with E-state index in [0.717, 1.165) is 0 Å². The molecule has 106 valence electrons. The lowest BCUT2D eigenvalue weighted by atomic mass is 9.90. The number of hydrogen-bond acceptors (Lipinski definition) is 3. The Bertz CT molecular complexity index is 654. The van der Waals surface area contributed by atoms with Crippen LogP contribution in [0.2, 0.25) is 10.0 Å².